The Morgan fingerprint density at radius 3 is 3.09 bits per heavy atom. The van der Waals surface area contributed by atoms with Crippen LogP contribution >= 0.6 is 11.3 Å². The molecule has 0 radical (unpaired) electrons. The van der Waals surface area contributed by atoms with E-state index < -0.39 is 0 Å². The van der Waals surface area contributed by atoms with Gasteiger partial charge in [-0.05, 0) is 13.3 Å². The Kier molecular flexibility index (Phi) is 4.93. The molecule has 3 aliphatic rings. The first kappa shape index (κ1) is 15.9. The molecule has 4 heterocycles. The Hall–Kier alpha value is -0.570. The monoisotopic (exact) mass is 339 g/mol. The van der Waals surface area contributed by atoms with Crippen molar-refractivity contribution in [3.8, 4) is 0 Å². The van der Waals surface area contributed by atoms with E-state index in [1.165, 1.54) is 0 Å². The summed E-state index contributed by atoms with van der Waals surface area (Å²) in [4.78, 5) is 7.02. The molecule has 128 valence electrons. The van der Waals surface area contributed by atoms with Crippen LogP contribution in [0.3, 0.4) is 0 Å². The highest BCUT2D eigenvalue weighted by Crippen LogP contribution is 2.26. The van der Waals surface area contributed by atoms with Crippen LogP contribution in [0.25, 0.3) is 0 Å². The molecule has 4 rings (SSSR count). The quantitative estimate of drug-likeness (QED) is 0.856. The highest BCUT2D eigenvalue weighted by molar-refractivity contribution is 7.09. The van der Waals surface area contributed by atoms with Crippen molar-refractivity contribution in [2.75, 3.05) is 39.5 Å². The SMILES string of the molecule is Cc1nc(COC2C(NC3CCOC3)CN3CCOCC23)cs1. The number of fused-ring (bicyclic) bond motifs is 1. The molecule has 3 fully saturated rings. The van der Waals surface area contributed by atoms with Crippen molar-refractivity contribution >= 4 is 11.3 Å². The molecule has 1 N–H and O–H groups in total. The smallest absolute Gasteiger partial charge is 0.0923 e. The normalized spacial score (nSPS) is 34.8. The largest absolute Gasteiger partial charge is 0.380 e. The standard InChI is InChI=1S/C16H25N3O3S/c1-11-17-13(10-23-11)8-22-16-14(18-12-2-4-20-7-12)6-19-3-5-21-9-15(16)19/h10,12,14-16,18H,2-9H2,1H3. The van der Waals surface area contributed by atoms with E-state index in [0.29, 0.717) is 24.7 Å². The molecule has 7 heteroatoms. The van der Waals surface area contributed by atoms with Gasteiger partial charge in [-0.25, -0.2) is 4.98 Å². The third-order valence-electron chi connectivity index (χ3n) is 4.96. The Balaban J connectivity index is 1.42. The molecule has 0 saturated carbocycles. The topological polar surface area (TPSA) is 55.8 Å². The maximum Gasteiger partial charge on any atom is 0.0923 e. The number of rotatable bonds is 5. The zero-order valence-corrected chi connectivity index (χ0v) is 14.4. The zero-order chi connectivity index (χ0) is 15.6. The van der Waals surface area contributed by atoms with Crippen molar-refractivity contribution in [1.82, 2.24) is 15.2 Å². The van der Waals surface area contributed by atoms with Gasteiger partial charge in [0.25, 0.3) is 0 Å². The van der Waals surface area contributed by atoms with Gasteiger partial charge in [-0.2, -0.15) is 0 Å². The van der Waals surface area contributed by atoms with Crippen molar-refractivity contribution in [2.24, 2.45) is 0 Å². The third kappa shape index (κ3) is 3.60. The van der Waals surface area contributed by atoms with E-state index in [-0.39, 0.29) is 6.10 Å². The molecule has 6 nitrogen and oxygen atoms in total. The third-order valence-corrected chi connectivity index (χ3v) is 5.78. The summed E-state index contributed by atoms with van der Waals surface area (Å²) in [5.41, 5.74) is 1.03. The number of nitrogens with one attached hydrogen (secondary N) is 1. The lowest BCUT2D eigenvalue weighted by Gasteiger charge is -2.32. The molecule has 0 aliphatic carbocycles. The second kappa shape index (κ2) is 7.13. The second-order valence-electron chi connectivity index (χ2n) is 6.60. The van der Waals surface area contributed by atoms with Crippen LogP contribution in [0.15, 0.2) is 5.38 Å². The number of hydrogen-bond donors (Lipinski definition) is 1. The van der Waals surface area contributed by atoms with E-state index in [1.54, 1.807) is 11.3 Å². The Morgan fingerprint density at radius 2 is 2.30 bits per heavy atom. The number of aromatic nitrogens is 1. The van der Waals surface area contributed by atoms with Crippen LogP contribution in [0.1, 0.15) is 17.1 Å². The summed E-state index contributed by atoms with van der Waals surface area (Å²) in [5, 5.41) is 6.94. The molecular weight excluding hydrogens is 314 g/mol. The first-order chi connectivity index (χ1) is 11.3. The number of ether oxygens (including phenoxy) is 3. The van der Waals surface area contributed by atoms with E-state index in [4.69, 9.17) is 14.2 Å². The zero-order valence-electron chi connectivity index (χ0n) is 13.6. The van der Waals surface area contributed by atoms with Crippen LogP contribution in [-0.2, 0) is 20.8 Å². The predicted octanol–water partition coefficient (Wildman–Crippen LogP) is 0.798. The Labute approximate surface area is 141 Å². The molecule has 4 unspecified atom stereocenters. The maximum absolute atomic E-state index is 6.31. The van der Waals surface area contributed by atoms with Crippen LogP contribution in [0.4, 0.5) is 0 Å². The van der Waals surface area contributed by atoms with Gasteiger partial charge in [0.2, 0.25) is 0 Å². The number of thiazole rings is 1. The van der Waals surface area contributed by atoms with Crippen molar-refractivity contribution in [3.05, 3.63) is 16.1 Å². The van der Waals surface area contributed by atoms with Gasteiger partial charge in [0.1, 0.15) is 0 Å². The number of nitrogens with zero attached hydrogens (tertiary/aromatic N) is 2. The summed E-state index contributed by atoms with van der Waals surface area (Å²) in [6, 6.07) is 1.14. The lowest BCUT2D eigenvalue weighted by molar-refractivity contribution is -0.0546. The number of hydrogen-bond acceptors (Lipinski definition) is 7. The van der Waals surface area contributed by atoms with E-state index in [2.05, 4.69) is 20.6 Å². The molecule has 0 amide bonds. The summed E-state index contributed by atoms with van der Waals surface area (Å²) < 4.78 is 17.5. The van der Waals surface area contributed by atoms with Gasteiger partial charge < -0.3 is 19.5 Å². The fourth-order valence-corrected chi connectivity index (χ4v) is 4.41. The lowest BCUT2D eigenvalue weighted by Crippen LogP contribution is -2.49. The van der Waals surface area contributed by atoms with E-state index in [1.807, 2.05) is 6.92 Å². The van der Waals surface area contributed by atoms with Crippen LogP contribution in [0, 0.1) is 6.92 Å². The summed E-state index contributed by atoms with van der Waals surface area (Å²) in [6.45, 7) is 7.92. The van der Waals surface area contributed by atoms with Gasteiger partial charge in [-0.15, -0.1) is 11.3 Å². The van der Waals surface area contributed by atoms with Crippen LogP contribution in [0.2, 0.25) is 0 Å². The summed E-state index contributed by atoms with van der Waals surface area (Å²) >= 11 is 1.68. The summed E-state index contributed by atoms with van der Waals surface area (Å²) in [5.74, 6) is 0. The fraction of sp³-hybridized carbons (Fsp3) is 0.812. The minimum Gasteiger partial charge on any atom is -0.380 e. The predicted molar refractivity (Wildman–Crippen MR) is 87.8 cm³/mol. The van der Waals surface area contributed by atoms with Gasteiger partial charge in [0, 0.05) is 37.2 Å². The van der Waals surface area contributed by atoms with E-state index in [0.717, 1.165) is 56.6 Å². The second-order valence-corrected chi connectivity index (χ2v) is 7.67. The van der Waals surface area contributed by atoms with Crippen LogP contribution in [-0.4, -0.2) is 73.6 Å². The highest BCUT2D eigenvalue weighted by Gasteiger charge is 2.44. The molecule has 1 aromatic heterocycles. The molecule has 1 aromatic rings. The van der Waals surface area contributed by atoms with Crippen molar-refractivity contribution < 1.29 is 14.2 Å². The molecule has 23 heavy (non-hydrogen) atoms. The molecule has 3 saturated heterocycles. The summed E-state index contributed by atoms with van der Waals surface area (Å²) in [7, 11) is 0. The molecule has 0 spiro atoms. The maximum atomic E-state index is 6.31. The van der Waals surface area contributed by atoms with Crippen molar-refractivity contribution in [3.63, 3.8) is 0 Å². The van der Waals surface area contributed by atoms with E-state index in [9.17, 15) is 0 Å². The van der Waals surface area contributed by atoms with Crippen molar-refractivity contribution in [2.45, 2.75) is 44.2 Å². The van der Waals surface area contributed by atoms with Crippen LogP contribution in [0.5, 0.6) is 0 Å². The molecule has 0 bridgehead atoms. The number of morpholine rings is 1. The molecular formula is C16H25N3O3S. The summed E-state index contributed by atoms with van der Waals surface area (Å²) in [6.07, 6.45) is 1.24. The number of aryl methyl sites for hydroxylation is 1. The Bertz CT molecular complexity index is 520. The molecule has 3 aliphatic heterocycles. The minimum absolute atomic E-state index is 0.151. The van der Waals surface area contributed by atoms with Gasteiger partial charge in [0.05, 0.1) is 49.3 Å². The highest BCUT2D eigenvalue weighted by atomic mass is 32.1. The average molecular weight is 339 g/mol. The van der Waals surface area contributed by atoms with Gasteiger partial charge in [-0.1, -0.05) is 0 Å². The Morgan fingerprint density at radius 1 is 1.39 bits per heavy atom. The van der Waals surface area contributed by atoms with Gasteiger partial charge in [0.15, 0.2) is 0 Å². The molecule has 0 aromatic carbocycles. The first-order valence-electron chi connectivity index (χ1n) is 8.48. The fourth-order valence-electron chi connectivity index (χ4n) is 3.81. The first-order valence-corrected chi connectivity index (χ1v) is 9.36. The van der Waals surface area contributed by atoms with Gasteiger partial charge in [-0.3, -0.25) is 4.90 Å². The minimum atomic E-state index is 0.151. The van der Waals surface area contributed by atoms with Crippen molar-refractivity contribution in [1.29, 1.82) is 0 Å². The molecule has 4 atom stereocenters. The van der Waals surface area contributed by atoms with Crippen LogP contribution < -0.4 is 5.32 Å². The average Bonchev–Trinajstić information content (AvgIpc) is 3.26. The lowest BCUT2D eigenvalue weighted by atomic mass is 10.1. The van der Waals surface area contributed by atoms with E-state index >= 15 is 0 Å². The van der Waals surface area contributed by atoms with Gasteiger partial charge >= 0.3 is 0 Å².